The van der Waals surface area contributed by atoms with Crippen molar-refractivity contribution in [2.24, 2.45) is 4.99 Å². The Labute approximate surface area is 184 Å². The minimum Gasteiger partial charge on any atom is -0.357 e. The van der Waals surface area contributed by atoms with Crippen LogP contribution in [0.5, 0.6) is 0 Å². The average molecular weight is 507 g/mol. The lowest BCUT2D eigenvalue weighted by atomic mass is 10.2. The van der Waals surface area contributed by atoms with Crippen LogP contribution in [0.3, 0.4) is 0 Å². The van der Waals surface area contributed by atoms with Crippen LogP contribution in [0, 0.1) is 0 Å². The van der Waals surface area contributed by atoms with E-state index in [2.05, 4.69) is 45.0 Å². The number of thiophene rings is 1. The largest absolute Gasteiger partial charge is 0.357 e. The normalized spacial score (nSPS) is 17.4. The molecule has 1 aromatic rings. The second-order valence-corrected chi connectivity index (χ2v) is 7.83. The first-order chi connectivity index (χ1) is 12.6. The number of rotatable bonds is 9. The minimum absolute atomic E-state index is 0. The number of likely N-dealkylation sites (N-methyl/N-ethyl adjacent to an activating group) is 1. The molecule has 0 aromatic carbocycles. The number of likely N-dealkylation sites (tertiary alicyclic amines) is 1. The van der Waals surface area contributed by atoms with Crippen molar-refractivity contribution in [2.45, 2.75) is 38.6 Å². The molecule has 8 heteroatoms. The SMILES string of the molecule is CCNC(=NCCCN1CCCC1C(=O)N(C)C)NCCc1cccs1.I. The first-order valence-electron chi connectivity index (χ1n) is 9.61. The van der Waals surface area contributed by atoms with Crippen molar-refractivity contribution >= 4 is 47.2 Å². The third-order valence-electron chi connectivity index (χ3n) is 4.55. The average Bonchev–Trinajstić information content (AvgIpc) is 3.29. The molecule has 154 valence electrons. The van der Waals surface area contributed by atoms with E-state index < -0.39 is 0 Å². The van der Waals surface area contributed by atoms with Gasteiger partial charge in [-0.3, -0.25) is 14.7 Å². The number of hydrogen-bond acceptors (Lipinski definition) is 4. The molecule has 2 N–H and O–H groups in total. The van der Waals surface area contributed by atoms with Crippen molar-refractivity contribution in [3.8, 4) is 0 Å². The number of halogens is 1. The highest BCUT2D eigenvalue weighted by Crippen LogP contribution is 2.18. The number of nitrogens with zero attached hydrogens (tertiary/aromatic N) is 3. The number of carbonyl (C=O) groups excluding carboxylic acids is 1. The summed E-state index contributed by atoms with van der Waals surface area (Å²) in [6.45, 7) is 6.55. The van der Waals surface area contributed by atoms with Crippen molar-refractivity contribution in [1.29, 1.82) is 0 Å². The van der Waals surface area contributed by atoms with E-state index in [-0.39, 0.29) is 35.9 Å². The van der Waals surface area contributed by atoms with Crippen molar-refractivity contribution < 1.29 is 4.79 Å². The van der Waals surface area contributed by atoms with Gasteiger partial charge in [0.15, 0.2) is 5.96 Å². The van der Waals surface area contributed by atoms with E-state index in [1.54, 1.807) is 16.2 Å². The van der Waals surface area contributed by atoms with Crippen molar-refractivity contribution in [1.82, 2.24) is 20.4 Å². The van der Waals surface area contributed by atoms with Crippen LogP contribution in [0.25, 0.3) is 0 Å². The van der Waals surface area contributed by atoms with Crippen LogP contribution < -0.4 is 10.6 Å². The van der Waals surface area contributed by atoms with E-state index in [1.807, 2.05) is 14.1 Å². The molecule has 0 spiro atoms. The van der Waals surface area contributed by atoms with E-state index in [0.717, 1.165) is 64.4 Å². The van der Waals surface area contributed by atoms with Crippen LogP contribution in [0.1, 0.15) is 31.1 Å². The standard InChI is InChI=1S/C19H33N5OS.HI/c1-4-20-19(22-12-10-16-8-6-15-26-16)21-11-7-14-24-13-5-9-17(24)18(25)23(2)3;/h6,8,15,17H,4-5,7,9-14H2,1-3H3,(H2,20,21,22);1H. The summed E-state index contributed by atoms with van der Waals surface area (Å²) in [7, 11) is 3.68. The van der Waals surface area contributed by atoms with Gasteiger partial charge in [0.1, 0.15) is 0 Å². The van der Waals surface area contributed by atoms with Gasteiger partial charge in [0.25, 0.3) is 0 Å². The maximum atomic E-state index is 12.2. The van der Waals surface area contributed by atoms with E-state index >= 15 is 0 Å². The summed E-state index contributed by atoms with van der Waals surface area (Å²) >= 11 is 1.79. The van der Waals surface area contributed by atoms with Crippen molar-refractivity contribution in [3.63, 3.8) is 0 Å². The monoisotopic (exact) mass is 507 g/mol. The molecule has 0 saturated carbocycles. The number of amides is 1. The fourth-order valence-electron chi connectivity index (χ4n) is 3.24. The number of hydrogen-bond donors (Lipinski definition) is 2. The van der Waals surface area contributed by atoms with E-state index in [9.17, 15) is 4.79 Å². The Balaban J connectivity index is 0.00000364. The zero-order chi connectivity index (χ0) is 18.8. The molecule has 1 amide bonds. The summed E-state index contributed by atoms with van der Waals surface area (Å²) in [6.07, 6.45) is 4.08. The van der Waals surface area contributed by atoms with Gasteiger partial charge in [-0.25, -0.2) is 0 Å². The molecular weight excluding hydrogens is 473 g/mol. The van der Waals surface area contributed by atoms with Crippen molar-refractivity contribution in [3.05, 3.63) is 22.4 Å². The second-order valence-electron chi connectivity index (χ2n) is 6.80. The molecule has 6 nitrogen and oxygen atoms in total. The molecule has 27 heavy (non-hydrogen) atoms. The highest BCUT2D eigenvalue weighted by Gasteiger charge is 2.30. The summed E-state index contributed by atoms with van der Waals surface area (Å²) in [5.74, 6) is 1.11. The lowest BCUT2D eigenvalue weighted by Gasteiger charge is -2.25. The predicted molar refractivity (Wildman–Crippen MR) is 125 cm³/mol. The first kappa shape index (κ1) is 24.2. The van der Waals surface area contributed by atoms with Gasteiger partial charge in [-0.1, -0.05) is 6.07 Å². The zero-order valence-corrected chi connectivity index (χ0v) is 19.9. The smallest absolute Gasteiger partial charge is 0.239 e. The van der Waals surface area contributed by atoms with E-state index in [0.29, 0.717) is 0 Å². The number of guanidine groups is 1. The Hall–Kier alpha value is -0.870. The predicted octanol–water partition coefficient (Wildman–Crippen LogP) is 2.41. The molecule has 0 aliphatic carbocycles. The number of aliphatic imine (C=N–C) groups is 1. The Kier molecular flexibility index (Phi) is 11.9. The fourth-order valence-corrected chi connectivity index (χ4v) is 3.95. The molecule has 1 aliphatic heterocycles. The van der Waals surface area contributed by atoms with E-state index in [4.69, 9.17) is 0 Å². The quantitative estimate of drug-likeness (QED) is 0.233. The Morgan fingerprint density at radius 3 is 2.89 bits per heavy atom. The Morgan fingerprint density at radius 1 is 1.41 bits per heavy atom. The van der Waals surface area contributed by atoms with Gasteiger partial charge in [-0.15, -0.1) is 35.3 Å². The maximum Gasteiger partial charge on any atom is 0.239 e. The van der Waals surface area contributed by atoms with E-state index in [1.165, 1.54) is 4.88 Å². The van der Waals surface area contributed by atoms with Crippen LogP contribution in [0.15, 0.2) is 22.5 Å². The summed E-state index contributed by atoms with van der Waals surface area (Å²) < 4.78 is 0. The lowest BCUT2D eigenvalue weighted by Crippen LogP contribution is -2.43. The third kappa shape index (κ3) is 8.35. The summed E-state index contributed by atoms with van der Waals surface area (Å²) in [5, 5.41) is 8.81. The number of nitrogens with one attached hydrogen (secondary N) is 2. The molecular formula is C19H34IN5OS. The third-order valence-corrected chi connectivity index (χ3v) is 5.49. The Bertz CT molecular complexity index is 564. The summed E-state index contributed by atoms with van der Waals surface area (Å²) in [5.41, 5.74) is 0. The Morgan fingerprint density at radius 2 is 2.22 bits per heavy atom. The van der Waals surface area contributed by atoms with Gasteiger partial charge in [0, 0.05) is 45.2 Å². The lowest BCUT2D eigenvalue weighted by molar-refractivity contribution is -0.133. The van der Waals surface area contributed by atoms with Gasteiger partial charge < -0.3 is 15.5 Å². The van der Waals surface area contributed by atoms with Crippen LogP contribution in [-0.2, 0) is 11.2 Å². The van der Waals surface area contributed by atoms with Gasteiger partial charge in [-0.05, 0) is 50.6 Å². The maximum absolute atomic E-state index is 12.2. The molecule has 0 radical (unpaired) electrons. The molecule has 1 aromatic heterocycles. The topological polar surface area (TPSA) is 60.0 Å². The van der Waals surface area contributed by atoms with Gasteiger partial charge in [0.05, 0.1) is 6.04 Å². The molecule has 2 rings (SSSR count). The highest BCUT2D eigenvalue weighted by atomic mass is 127. The second kappa shape index (κ2) is 13.3. The highest BCUT2D eigenvalue weighted by molar-refractivity contribution is 14.0. The van der Waals surface area contributed by atoms with Crippen molar-refractivity contribution in [2.75, 3.05) is 46.8 Å². The summed E-state index contributed by atoms with van der Waals surface area (Å²) in [6, 6.07) is 4.32. The molecule has 1 saturated heterocycles. The molecule has 1 unspecified atom stereocenters. The molecule has 1 aliphatic rings. The molecule has 0 bridgehead atoms. The van der Waals surface area contributed by atoms with Crippen LogP contribution in [0.4, 0.5) is 0 Å². The minimum atomic E-state index is 0. The fraction of sp³-hybridized carbons (Fsp3) is 0.684. The van der Waals surface area contributed by atoms with Crippen LogP contribution in [-0.4, -0.2) is 74.5 Å². The number of carbonyl (C=O) groups is 1. The zero-order valence-electron chi connectivity index (χ0n) is 16.7. The summed E-state index contributed by atoms with van der Waals surface area (Å²) in [4.78, 5) is 22.3. The van der Waals surface area contributed by atoms with Gasteiger partial charge >= 0.3 is 0 Å². The molecule has 1 fully saturated rings. The molecule has 1 atom stereocenters. The van der Waals surface area contributed by atoms with Gasteiger partial charge in [-0.2, -0.15) is 0 Å². The van der Waals surface area contributed by atoms with Gasteiger partial charge in [0.2, 0.25) is 5.91 Å². The van der Waals surface area contributed by atoms with Crippen LogP contribution in [0.2, 0.25) is 0 Å². The molecule has 2 heterocycles. The van der Waals surface area contributed by atoms with Crippen LogP contribution >= 0.6 is 35.3 Å². The first-order valence-corrected chi connectivity index (χ1v) is 10.5.